The van der Waals surface area contributed by atoms with Crippen LogP contribution in [0.3, 0.4) is 0 Å². The van der Waals surface area contributed by atoms with E-state index in [0.717, 1.165) is 16.7 Å². The van der Waals surface area contributed by atoms with Crippen LogP contribution >= 0.6 is 23.4 Å². The minimum atomic E-state index is -0.415. The van der Waals surface area contributed by atoms with E-state index < -0.39 is 5.91 Å². The summed E-state index contributed by atoms with van der Waals surface area (Å²) in [6.07, 6.45) is 0. The first-order valence-electron chi connectivity index (χ1n) is 7.74. The van der Waals surface area contributed by atoms with Crippen LogP contribution in [0, 0.1) is 6.92 Å². The van der Waals surface area contributed by atoms with Crippen LogP contribution in [0.25, 0.3) is 11.0 Å². The van der Waals surface area contributed by atoms with Gasteiger partial charge in [0, 0.05) is 10.6 Å². The molecule has 1 heterocycles. The molecule has 0 radical (unpaired) electrons. The van der Waals surface area contributed by atoms with Crippen LogP contribution in [-0.4, -0.2) is 27.5 Å². The van der Waals surface area contributed by atoms with Gasteiger partial charge in [0.1, 0.15) is 5.03 Å². The van der Waals surface area contributed by atoms with Crippen molar-refractivity contribution < 1.29 is 9.59 Å². The number of halogens is 1. The molecule has 0 saturated heterocycles. The third-order valence-corrected chi connectivity index (χ3v) is 4.78. The Labute approximate surface area is 159 Å². The lowest BCUT2D eigenvalue weighted by Gasteiger charge is -2.08. The van der Waals surface area contributed by atoms with Crippen molar-refractivity contribution in [2.75, 3.05) is 5.75 Å². The molecule has 2 amide bonds. The first-order valence-corrected chi connectivity index (χ1v) is 9.10. The number of aromatic nitrogens is 2. The summed E-state index contributed by atoms with van der Waals surface area (Å²) >= 11 is 7.04. The van der Waals surface area contributed by atoms with Crippen LogP contribution in [0.15, 0.2) is 53.6 Å². The Balaban J connectivity index is 1.55. The topological polar surface area (TPSA) is 84.0 Å². The van der Waals surface area contributed by atoms with Crippen molar-refractivity contribution in [1.29, 1.82) is 0 Å². The zero-order valence-electron chi connectivity index (χ0n) is 13.8. The summed E-state index contributed by atoms with van der Waals surface area (Å²) in [5.74, 6) is -0.650. The van der Waals surface area contributed by atoms with E-state index in [-0.39, 0.29) is 11.7 Å². The molecular weight excluding hydrogens is 372 g/mol. The highest BCUT2D eigenvalue weighted by molar-refractivity contribution is 7.99. The molecule has 1 aromatic heterocycles. The molecule has 8 heteroatoms. The number of hydrogen-bond donors (Lipinski definition) is 2. The molecule has 3 rings (SSSR count). The van der Waals surface area contributed by atoms with Crippen LogP contribution in [0.5, 0.6) is 0 Å². The van der Waals surface area contributed by atoms with Gasteiger partial charge in [-0.2, -0.15) is 0 Å². The number of thioether (sulfide) groups is 1. The molecule has 0 saturated carbocycles. The van der Waals surface area contributed by atoms with Gasteiger partial charge < -0.3 is 0 Å². The molecule has 132 valence electrons. The number of hydrazine groups is 1. The highest BCUT2D eigenvalue weighted by Gasteiger charge is 2.10. The van der Waals surface area contributed by atoms with E-state index in [2.05, 4.69) is 20.8 Å². The van der Waals surface area contributed by atoms with Gasteiger partial charge >= 0.3 is 0 Å². The standard InChI is InChI=1S/C18H15ClN4O2S/c1-11-18(21-15-5-3-2-4-14(15)20-11)26-10-16(24)22-23-17(25)12-6-8-13(19)9-7-12/h2-9H,10H2,1H3,(H,22,24)(H,23,25). The summed E-state index contributed by atoms with van der Waals surface area (Å²) in [5.41, 5.74) is 7.50. The van der Waals surface area contributed by atoms with E-state index in [1.807, 2.05) is 31.2 Å². The zero-order chi connectivity index (χ0) is 18.5. The molecule has 0 unspecified atom stereocenters. The van der Waals surface area contributed by atoms with Gasteiger partial charge in [0.05, 0.1) is 22.5 Å². The van der Waals surface area contributed by atoms with Crippen molar-refractivity contribution in [2.45, 2.75) is 11.9 Å². The van der Waals surface area contributed by atoms with E-state index in [1.54, 1.807) is 24.3 Å². The number of carbonyl (C=O) groups excluding carboxylic acids is 2. The van der Waals surface area contributed by atoms with Crippen LogP contribution in [-0.2, 0) is 4.79 Å². The molecule has 3 aromatic rings. The molecule has 0 aliphatic rings. The third kappa shape index (κ3) is 4.50. The Kier molecular flexibility index (Phi) is 5.70. The van der Waals surface area contributed by atoms with Crippen molar-refractivity contribution >= 4 is 46.2 Å². The number of amides is 2. The lowest BCUT2D eigenvalue weighted by Crippen LogP contribution is -2.42. The Morgan fingerprint density at radius 1 is 1.00 bits per heavy atom. The summed E-state index contributed by atoms with van der Waals surface area (Å²) in [4.78, 5) is 32.9. The summed E-state index contributed by atoms with van der Waals surface area (Å²) in [5, 5.41) is 1.22. The number of para-hydroxylation sites is 2. The molecule has 0 aliphatic heterocycles. The maximum Gasteiger partial charge on any atom is 0.269 e. The highest BCUT2D eigenvalue weighted by atomic mass is 35.5. The first kappa shape index (κ1) is 18.2. The fourth-order valence-corrected chi connectivity index (χ4v) is 3.06. The second-order valence-electron chi connectivity index (χ2n) is 5.40. The van der Waals surface area contributed by atoms with Gasteiger partial charge in [0.15, 0.2) is 0 Å². The molecular formula is C18H15ClN4O2S. The fourth-order valence-electron chi connectivity index (χ4n) is 2.18. The van der Waals surface area contributed by atoms with Gasteiger partial charge in [-0.1, -0.05) is 35.5 Å². The van der Waals surface area contributed by atoms with Gasteiger partial charge in [-0.25, -0.2) is 9.97 Å². The molecule has 0 aliphatic carbocycles. The van der Waals surface area contributed by atoms with Crippen molar-refractivity contribution in [1.82, 2.24) is 20.8 Å². The lowest BCUT2D eigenvalue weighted by atomic mass is 10.2. The second-order valence-corrected chi connectivity index (χ2v) is 6.80. The average molecular weight is 387 g/mol. The predicted molar refractivity (Wildman–Crippen MR) is 102 cm³/mol. The summed E-state index contributed by atoms with van der Waals surface area (Å²) in [7, 11) is 0. The van der Waals surface area contributed by atoms with Crippen molar-refractivity contribution in [3.63, 3.8) is 0 Å². The van der Waals surface area contributed by atoms with Crippen LogP contribution in [0.2, 0.25) is 5.02 Å². The predicted octanol–water partition coefficient (Wildman–Crippen LogP) is 3.14. The molecule has 0 atom stereocenters. The number of aryl methyl sites for hydroxylation is 1. The molecule has 0 bridgehead atoms. The van der Waals surface area contributed by atoms with Crippen LogP contribution in [0.1, 0.15) is 16.1 Å². The average Bonchev–Trinajstić information content (AvgIpc) is 2.65. The molecule has 2 N–H and O–H groups in total. The van der Waals surface area contributed by atoms with E-state index >= 15 is 0 Å². The number of hydrogen-bond acceptors (Lipinski definition) is 5. The minimum Gasteiger partial charge on any atom is -0.272 e. The molecule has 0 spiro atoms. The SMILES string of the molecule is Cc1nc2ccccc2nc1SCC(=O)NNC(=O)c1ccc(Cl)cc1. The van der Waals surface area contributed by atoms with Crippen molar-refractivity contribution in [2.24, 2.45) is 0 Å². The normalized spacial score (nSPS) is 10.5. The number of fused-ring (bicyclic) bond motifs is 1. The van der Waals surface area contributed by atoms with E-state index in [4.69, 9.17) is 11.6 Å². The van der Waals surface area contributed by atoms with Gasteiger partial charge in [-0.3, -0.25) is 20.4 Å². The van der Waals surface area contributed by atoms with Gasteiger partial charge in [0.2, 0.25) is 5.91 Å². The molecule has 26 heavy (non-hydrogen) atoms. The first-order chi connectivity index (χ1) is 12.5. The fraction of sp³-hybridized carbons (Fsp3) is 0.111. The number of rotatable bonds is 4. The monoisotopic (exact) mass is 386 g/mol. The third-order valence-electron chi connectivity index (χ3n) is 3.46. The largest absolute Gasteiger partial charge is 0.272 e. The quantitative estimate of drug-likeness (QED) is 0.531. The Morgan fingerprint density at radius 2 is 1.65 bits per heavy atom. The summed E-state index contributed by atoms with van der Waals surface area (Å²) in [6.45, 7) is 1.85. The zero-order valence-corrected chi connectivity index (χ0v) is 15.4. The molecule has 6 nitrogen and oxygen atoms in total. The number of nitrogens with zero attached hydrogens (tertiary/aromatic N) is 2. The maximum absolute atomic E-state index is 12.0. The Hall–Kier alpha value is -2.64. The van der Waals surface area contributed by atoms with Gasteiger partial charge in [-0.15, -0.1) is 0 Å². The van der Waals surface area contributed by atoms with Crippen molar-refractivity contribution in [3.8, 4) is 0 Å². The summed E-state index contributed by atoms with van der Waals surface area (Å²) in [6, 6.07) is 13.9. The van der Waals surface area contributed by atoms with Gasteiger partial charge in [0.25, 0.3) is 5.91 Å². The Bertz CT molecular complexity index is 963. The Morgan fingerprint density at radius 3 is 2.35 bits per heavy atom. The number of benzene rings is 2. The summed E-state index contributed by atoms with van der Waals surface area (Å²) < 4.78 is 0. The highest BCUT2D eigenvalue weighted by Crippen LogP contribution is 2.21. The van der Waals surface area contributed by atoms with E-state index in [0.29, 0.717) is 15.6 Å². The number of carbonyl (C=O) groups is 2. The van der Waals surface area contributed by atoms with Crippen LogP contribution < -0.4 is 10.9 Å². The molecule has 0 fully saturated rings. The lowest BCUT2D eigenvalue weighted by molar-refractivity contribution is -0.119. The molecule has 2 aromatic carbocycles. The van der Waals surface area contributed by atoms with E-state index in [1.165, 1.54) is 11.8 Å². The van der Waals surface area contributed by atoms with Crippen LogP contribution in [0.4, 0.5) is 0 Å². The van der Waals surface area contributed by atoms with E-state index in [9.17, 15) is 9.59 Å². The smallest absolute Gasteiger partial charge is 0.269 e. The van der Waals surface area contributed by atoms with Crippen molar-refractivity contribution in [3.05, 3.63) is 64.8 Å². The van der Waals surface area contributed by atoms with Gasteiger partial charge in [-0.05, 0) is 43.3 Å². The maximum atomic E-state index is 12.0. The minimum absolute atomic E-state index is 0.106. The second kappa shape index (κ2) is 8.16. The number of nitrogens with one attached hydrogen (secondary N) is 2.